The Bertz CT molecular complexity index is 570. The number of nitrogens with one attached hydrogen (secondary N) is 1. The van der Waals surface area contributed by atoms with E-state index in [2.05, 4.69) is 5.32 Å². The minimum Gasteiger partial charge on any atom is -0.480 e. The summed E-state index contributed by atoms with van der Waals surface area (Å²) in [7, 11) is 0. The number of hydrogen-bond donors (Lipinski definition) is 2. The van der Waals surface area contributed by atoms with Crippen LogP contribution in [0, 0.1) is 23.0 Å². The number of aryl methyl sites for hydroxylation is 1. The molecule has 1 rings (SSSR count). The fourth-order valence-electron chi connectivity index (χ4n) is 1.89. The molecule has 7 heteroatoms. The van der Waals surface area contributed by atoms with Crippen molar-refractivity contribution in [1.29, 1.82) is 0 Å². The summed E-state index contributed by atoms with van der Waals surface area (Å²) in [5.74, 6) is -2.19. The van der Waals surface area contributed by atoms with Crippen molar-refractivity contribution >= 4 is 17.6 Å². The molecule has 0 aliphatic rings. The molecule has 1 amide bonds. The van der Waals surface area contributed by atoms with Crippen LogP contribution in [-0.2, 0) is 4.79 Å². The van der Waals surface area contributed by atoms with Gasteiger partial charge in [0.1, 0.15) is 11.6 Å². The van der Waals surface area contributed by atoms with Crippen molar-refractivity contribution in [3.8, 4) is 0 Å². The number of hydrogen-bond acceptors (Lipinski definition) is 4. The Morgan fingerprint density at radius 2 is 2.05 bits per heavy atom. The highest BCUT2D eigenvalue weighted by atomic mass is 16.6. The fraction of sp³-hybridized carbons (Fsp3) is 0.429. The van der Waals surface area contributed by atoms with E-state index >= 15 is 0 Å². The number of nitro benzene ring substituents is 1. The molecule has 0 aliphatic carbocycles. The van der Waals surface area contributed by atoms with E-state index in [1.807, 2.05) is 6.92 Å². The third-order valence-corrected chi connectivity index (χ3v) is 3.36. The average molecular weight is 294 g/mol. The first-order valence-electron chi connectivity index (χ1n) is 6.56. The van der Waals surface area contributed by atoms with E-state index in [0.29, 0.717) is 12.0 Å². The molecule has 0 aromatic heterocycles. The molecule has 2 N–H and O–H groups in total. The molecule has 2 atom stereocenters. The Kier molecular flexibility index (Phi) is 5.40. The highest BCUT2D eigenvalue weighted by molar-refractivity contribution is 6.00. The summed E-state index contributed by atoms with van der Waals surface area (Å²) in [6.07, 6.45) is 0.563. The molecule has 1 aromatic rings. The zero-order valence-corrected chi connectivity index (χ0v) is 12.1. The van der Waals surface area contributed by atoms with Crippen LogP contribution in [0.4, 0.5) is 5.69 Å². The van der Waals surface area contributed by atoms with Crippen LogP contribution in [0.1, 0.15) is 36.2 Å². The third-order valence-electron chi connectivity index (χ3n) is 3.36. The number of nitro groups is 1. The molecular weight excluding hydrogens is 276 g/mol. The molecule has 0 heterocycles. The van der Waals surface area contributed by atoms with Gasteiger partial charge in [-0.3, -0.25) is 14.9 Å². The Morgan fingerprint density at radius 3 is 2.52 bits per heavy atom. The Hall–Kier alpha value is -2.44. The molecule has 1 aromatic carbocycles. The highest BCUT2D eigenvalue weighted by Crippen LogP contribution is 2.20. The normalized spacial score (nSPS) is 13.3. The number of carboxylic acid groups (broad SMARTS) is 1. The van der Waals surface area contributed by atoms with Gasteiger partial charge in [0.05, 0.1) is 4.92 Å². The fourth-order valence-corrected chi connectivity index (χ4v) is 1.89. The van der Waals surface area contributed by atoms with E-state index in [0.717, 1.165) is 0 Å². The largest absolute Gasteiger partial charge is 0.480 e. The van der Waals surface area contributed by atoms with Gasteiger partial charge in [0, 0.05) is 6.07 Å². The Labute approximate surface area is 122 Å². The molecular formula is C14H18N2O5. The summed E-state index contributed by atoms with van der Waals surface area (Å²) in [4.78, 5) is 33.7. The van der Waals surface area contributed by atoms with Gasteiger partial charge in [-0.15, -0.1) is 0 Å². The van der Waals surface area contributed by atoms with Crippen LogP contribution in [0.3, 0.4) is 0 Å². The predicted octanol–water partition coefficient (Wildman–Crippen LogP) is 2.13. The van der Waals surface area contributed by atoms with Gasteiger partial charge in [-0.1, -0.05) is 26.3 Å². The maximum absolute atomic E-state index is 12.2. The zero-order chi connectivity index (χ0) is 16.2. The van der Waals surface area contributed by atoms with E-state index in [1.54, 1.807) is 13.8 Å². The van der Waals surface area contributed by atoms with Crippen LogP contribution in [0.25, 0.3) is 0 Å². The van der Waals surface area contributed by atoms with E-state index in [9.17, 15) is 19.7 Å². The van der Waals surface area contributed by atoms with Gasteiger partial charge in [-0.25, -0.2) is 4.79 Å². The van der Waals surface area contributed by atoms with Crippen molar-refractivity contribution in [1.82, 2.24) is 5.32 Å². The maximum Gasteiger partial charge on any atom is 0.326 e. The van der Waals surface area contributed by atoms with Crippen molar-refractivity contribution in [3.63, 3.8) is 0 Å². The van der Waals surface area contributed by atoms with Gasteiger partial charge in [-0.05, 0) is 24.5 Å². The van der Waals surface area contributed by atoms with Gasteiger partial charge in [0.25, 0.3) is 11.6 Å². The highest BCUT2D eigenvalue weighted by Gasteiger charge is 2.28. The van der Waals surface area contributed by atoms with Crippen LogP contribution < -0.4 is 5.32 Å². The SMILES string of the molecule is CCC(C)[C@H](NC(=O)c1cc(C)ccc1[N+](=O)[O-])C(=O)O. The molecule has 21 heavy (non-hydrogen) atoms. The van der Waals surface area contributed by atoms with Crippen molar-refractivity contribution in [2.75, 3.05) is 0 Å². The van der Waals surface area contributed by atoms with Crippen molar-refractivity contribution in [3.05, 3.63) is 39.4 Å². The second kappa shape index (κ2) is 6.83. The summed E-state index contributed by atoms with van der Waals surface area (Å²) < 4.78 is 0. The summed E-state index contributed by atoms with van der Waals surface area (Å²) in [6, 6.07) is 3.06. The molecule has 0 spiro atoms. The Morgan fingerprint density at radius 1 is 1.43 bits per heavy atom. The maximum atomic E-state index is 12.2. The van der Waals surface area contributed by atoms with Crippen LogP contribution in [0.5, 0.6) is 0 Å². The van der Waals surface area contributed by atoms with Crippen molar-refractivity contribution in [2.24, 2.45) is 5.92 Å². The van der Waals surface area contributed by atoms with E-state index in [4.69, 9.17) is 5.11 Å². The molecule has 0 saturated heterocycles. The van der Waals surface area contributed by atoms with Gasteiger partial charge in [0.15, 0.2) is 0 Å². The van der Waals surface area contributed by atoms with Crippen molar-refractivity contribution < 1.29 is 19.6 Å². The molecule has 0 fully saturated rings. The number of aliphatic carboxylic acids is 1. The number of carbonyl (C=O) groups excluding carboxylic acids is 1. The average Bonchev–Trinajstić information content (AvgIpc) is 2.42. The molecule has 0 radical (unpaired) electrons. The standard InChI is InChI=1S/C14H18N2O5/c1-4-9(3)12(14(18)19)15-13(17)10-7-8(2)5-6-11(10)16(20)21/h5-7,9,12H,4H2,1-3H3,(H,15,17)(H,18,19)/t9?,12-/m0/s1. The van der Waals surface area contributed by atoms with Crippen LogP contribution in [0.15, 0.2) is 18.2 Å². The minimum atomic E-state index is -1.16. The molecule has 1 unspecified atom stereocenters. The monoisotopic (exact) mass is 294 g/mol. The Balaban J connectivity index is 3.11. The second-order valence-electron chi connectivity index (χ2n) is 4.95. The predicted molar refractivity (Wildman–Crippen MR) is 76.2 cm³/mol. The lowest BCUT2D eigenvalue weighted by Crippen LogP contribution is -2.45. The molecule has 0 saturated carbocycles. The number of carbonyl (C=O) groups is 2. The van der Waals surface area contributed by atoms with Gasteiger partial charge in [-0.2, -0.15) is 0 Å². The smallest absolute Gasteiger partial charge is 0.326 e. The van der Waals surface area contributed by atoms with E-state index < -0.39 is 22.8 Å². The minimum absolute atomic E-state index is 0.130. The third kappa shape index (κ3) is 4.01. The molecule has 114 valence electrons. The molecule has 0 aliphatic heterocycles. The molecule has 7 nitrogen and oxygen atoms in total. The lowest BCUT2D eigenvalue weighted by atomic mass is 9.98. The topological polar surface area (TPSA) is 110 Å². The van der Waals surface area contributed by atoms with Crippen LogP contribution in [-0.4, -0.2) is 27.9 Å². The zero-order valence-electron chi connectivity index (χ0n) is 12.1. The number of nitrogens with zero attached hydrogens (tertiary/aromatic N) is 1. The summed E-state index contributed by atoms with van der Waals surface area (Å²) in [6.45, 7) is 5.20. The van der Waals surface area contributed by atoms with Gasteiger partial charge < -0.3 is 10.4 Å². The number of benzene rings is 1. The lowest BCUT2D eigenvalue weighted by molar-refractivity contribution is -0.385. The second-order valence-corrected chi connectivity index (χ2v) is 4.95. The molecule has 0 bridgehead atoms. The number of carboxylic acids is 1. The van der Waals surface area contributed by atoms with Gasteiger partial charge in [0.2, 0.25) is 0 Å². The van der Waals surface area contributed by atoms with E-state index in [-0.39, 0.29) is 17.2 Å². The lowest BCUT2D eigenvalue weighted by Gasteiger charge is -2.20. The first-order valence-corrected chi connectivity index (χ1v) is 6.56. The van der Waals surface area contributed by atoms with Crippen LogP contribution >= 0.6 is 0 Å². The summed E-state index contributed by atoms with van der Waals surface area (Å²) in [5, 5.41) is 22.5. The van der Waals surface area contributed by atoms with Crippen LogP contribution in [0.2, 0.25) is 0 Å². The summed E-state index contributed by atoms with van der Waals surface area (Å²) >= 11 is 0. The first-order chi connectivity index (χ1) is 9.77. The quantitative estimate of drug-likeness (QED) is 0.617. The summed E-state index contributed by atoms with van der Waals surface area (Å²) in [5.41, 5.74) is 0.210. The van der Waals surface area contributed by atoms with Crippen molar-refractivity contribution in [2.45, 2.75) is 33.2 Å². The number of rotatable bonds is 6. The van der Waals surface area contributed by atoms with E-state index in [1.165, 1.54) is 18.2 Å². The number of amides is 1. The first kappa shape index (κ1) is 16.6. The van der Waals surface area contributed by atoms with Gasteiger partial charge >= 0.3 is 5.97 Å².